The molecule has 9 heteroatoms. The summed E-state index contributed by atoms with van der Waals surface area (Å²) in [7, 11) is 0. The highest BCUT2D eigenvalue weighted by Crippen LogP contribution is 2.19. The number of carbonyl (C=O) groups is 2. The Bertz CT molecular complexity index is 650. The summed E-state index contributed by atoms with van der Waals surface area (Å²) in [6, 6.07) is 2.70. The number of nitrogens with zero attached hydrogens (tertiary/aromatic N) is 3. The SMILES string of the molecule is O=C(Nc1nccnn1)Nc1cccc(F)c1C(=O)O. The molecule has 0 saturated carbocycles. The Balaban J connectivity index is 2.16. The van der Waals surface area contributed by atoms with Crippen molar-refractivity contribution in [2.45, 2.75) is 0 Å². The third-order valence-electron chi connectivity index (χ3n) is 2.18. The summed E-state index contributed by atoms with van der Waals surface area (Å²) in [6.07, 6.45) is 2.63. The lowest BCUT2D eigenvalue weighted by Gasteiger charge is -2.09. The number of hydrogen-bond donors (Lipinski definition) is 3. The fourth-order valence-corrected chi connectivity index (χ4v) is 1.41. The highest BCUT2D eigenvalue weighted by atomic mass is 19.1. The molecular weight excluding hydrogens is 269 g/mol. The van der Waals surface area contributed by atoms with Crippen molar-refractivity contribution in [2.24, 2.45) is 0 Å². The van der Waals surface area contributed by atoms with Crippen molar-refractivity contribution >= 4 is 23.6 Å². The molecule has 0 aliphatic rings. The lowest BCUT2D eigenvalue weighted by atomic mass is 10.1. The fourth-order valence-electron chi connectivity index (χ4n) is 1.41. The Hall–Kier alpha value is -3.10. The van der Waals surface area contributed by atoms with Gasteiger partial charge in [-0.05, 0) is 12.1 Å². The van der Waals surface area contributed by atoms with E-state index in [1.165, 1.54) is 24.5 Å². The van der Waals surface area contributed by atoms with Crippen LogP contribution in [0.15, 0.2) is 30.6 Å². The van der Waals surface area contributed by atoms with Crippen LogP contribution in [0.2, 0.25) is 0 Å². The van der Waals surface area contributed by atoms with Gasteiger partial charge in [-0.15, -0.1) is 5.10 Å². The summed E-state index contributed by atoms with van der Waals surface area (Å²) in [4.78, 5) is 26.3. The van der Waals surface area contributed by atoms with Gasteiger partial charge in [-0.25, -0.2) is 19.0 Å². The number of urea groups is 1. The van der Waals surface area contributed by atoms with Gasteiger partial charge in [-0.2, -0.15) is 5.10 Å². The molecule has 8 nitrogen and oxygen atoms in total. The molecule has 0 radical (unpaired) electrons. The second-order valence-corrected chi connectivity index (χ2v) is 3.51. The molecular formula is C11H8FN5O3. The second kappa shape index (κ2) is 5.69. The molecule has 20 heavy (non-hydrogen) atoms. The van der Waals surface area contributed by atoms with Gasteiger partial charge >= 0.3 is 12.0 Å². The Morgan fingerprint density at radius 2 is 2.00 bits per heavy atom. The molecule has 0 saturated heterocycles. The van der Waals surface area contributed by atoms with Crippen LogP contribution in [-0.4, -0.2) is 32.3 Å². The van der Waals surface area contributed by atoms with Gasteiger partial charge < -0.3 is 10.4 Å². The smallest absolute Gasteiger partial charge is 0.340 e. The van der Waals surface area contributed by atoms with E-state index >= 15 is 0 Å². The second-order valence-electron chi connectivity index (χ2n) is 3.51. The first-order chi connectivity index (χ1) is 9.58. The number of hydrogen-bond acceptors (Lipinski definition) is 5. The first-order valence-electron chi connectivity index (χ1n) is 5.31. The molecule has 0 fully saturated rings. The summed E-state index contributed by atoms with van der Waals surface area (Å²) in [6.45, 7) is 0. The van der Waals surface area contributed by atoms with Gasteiger partial charge in [0, 0.05) is 0 Å². The zero-order valence-electron chi connectivity index (χ0n) is 9.87. The summed E-state index contributed by atoms with van der Waals surface area (Å²) in [5.74, 6) is -2.51. The van der Waals surface area contributed by atoms with Gasteiger partial charge in [-0.3, -0.25) is 5.32 Å². The van der Waals surface area contributed by atoms with Gasteiger partial charge in [0.15, 0.2) is 0 Å². The number of carbonyl (C=O) groups excluding carboxylic acids is 1. The number of carboxylic acids is 1. The lowest BCUT2D eigenvalue weighted by molar-refractivity contribution is 0.0693. The average Bonchev–Trinajstić information content (AvgIpc) is 2.39. The summed E-state index contributed by atoms with van der Waals surface area (Å²) < 4.78 is 13.4. The van der Waals surface area contributed by atoms with Crippen LogP contribution in [0.25, 0.3) is 0 Å². The number of aromatic carboxylic acids is 1. The monoisotopic (exact) mass is 277 g/mol. The molecule has 1 aromatic carbocycles. The van der Waals surface area contributed by atoms with Crippen LogP contribution in [-0.2, 0) is 0 Å². The van der Waals surface area contributed by atoms with Gasteiger partial charge in [0.2, 0.25) is 0 Å². The number of aromatic nitrogens is 3. The fraction of sp³-hybridized carbons (Fsp3) is 0. The van der Waals surface area contributed by atoms with Crippen LogP contribution in [0, 0.1) is 5.82 Å². The number of nitrogens with one attached hydrogen (secondary N) is 2. The van der Waals surface area contributed by atoms with Crippen LogP contribution in [0.1, 0.15) is 10.4 Å². The zero-order chi connectivity index (χ0) is 14.5. The van der Waals surface area contributed by atoms with Crippen LogP contribution < -0.4 is 10.6 Å². The average molecular weight is 277 g/mol. The molecule has 1 heterocycles. The summed E-state index contributed by atoms with van der Waals surface area (Å²) in [5, 5.41) is 20.3. The Labute approximate surface area is 111 Å². The van der Waals surface area contributed by atoms with Crippen molar-refractivity contribution in [3.8, 4) is 0 Å². The molecule has 3 N–H and O–H groups in total. The lowest BCUT2D eigenvalue weighted by Crippen LogP contribution is -2.22. The number of halogens is 1. The van der Waals surface area contributed by atoms with Crippen LogP contribution in [0.3, 0.4) is 0 Å². The third kappa shape index (κ3) is 3.02. The molecule has 2 rings (SSSR count). The van der Waals surface area contributed by atoms with E-state index in [4.69, 9.17) is 5.11 Å². The predicted octanol–water partition coefficient (Wildman–Crippen LogP) is 1.35. The Morgan fingerprint density at radius 3 is 2.65 bits per heavy atom. The minimum atomic E-state index is -1.49. The van der Waals surface area contributed by atoms with Crippen molar-refractivity contribution in [2.75, 3.05) is 10.6 Å². The maximum absolute atomic E-state index is 13.4. The molecule has 0 aliphatic carbocycles. The number of carboxylic acid groups (broad SMARTS) is 1. The van der Waals surface area contributed by atoms with E-state index in [2.05, 4.69) is 25.8 Å². The normalized spacial score (nSPS) is 9.85. The number of benzene rings is 1. The molecule has 2 aromatic rings. The maximum Gasteiger partial charge on any atom is 0.340 e. The van der Waals surface area contributed by atoms with Crippen molar-refractivity contribution in [3.05, 3.63) is 42.0 Å². The van der Waals surface area contributed by atoms with Gasteiger partial charge in [0.05, 0.1) is 18.1 Å². The molecule has 0 aliphatic heterocycles. The molecule has 2 amide bonds. The molecule has 0 bridgehead atoms. The topological polar surface area (TPSA) is 117 Å². The number of rotatable bonds is 3. The van der Waals surface area contributed by atoms with E-state index in [1.807, 2.05) is 0 Å². The first-order valence-corrected chi connectivity index (χ1v) is 5.31. The number of anilines is 2. The van der Waals surface area contributed by atoms with Crippen LogP contribution >= 0.6 is 0 Å². The van der Waals surface area contributed by atoms with E-state index in [9.17, 15) is 14.0 Å². The molecule has 102 valence electrons. The largest absolute Gasteiger partial charge is 0.478 e. The highest BCUT2D eigenvalue weighted by molar-refractivity contribution is 6.04. The molecule has 0 spiro atoms. The molecule has 1 aromatic heterocycles. The predicted molar refractivity (Wildman–Crippen MR) is 65.8 cm³/mol. The third-order valence-corrected chi connectivity index (χ3v) is 2.18. The minimum absolute atomic E-state index is 0.0710. The zero-order valence-corrected chi connectivity index (χ0v) is 9.87. The van der Waals surface area contributed by atoms with E-state index in [1.54, 1.807) is 0 Å². The van der Waals surface area contributed by atoms with E-state index < -0.39 is 23.4 Å². The Morgan fingerprint density at radius 1 is 1.20 bits per heavy atom. The first kappa shape index (κ1) is 13.3. The van der Waals surface area contributed by atoms with Crippen molar-refractivity contribution in [1.82, 2.24) is 15.2 Å². The van der Waals surface area contributed by atoms with Gasteiger partial charge in [0.1, 0.15) is 11.4 Å². The maximum atomic E-state index is 13.4. The van der Waals surface area contributed by atoms with E-state index in [0.29, 0.717) is 0 Å². The van der Waals surface area contributed by atoms with Gasteiger partial charge in [-0.1, -0.05) is 6.07 Å². The standard InChI is InChI=1S/C11H8FN5O3/c12-6-2-1-3-7(8(6)9(18)19)15-11(20)16-10-13-4-5-14-17-10/h1-5H,(H,18,19)(H2,13,15,16,17,20). The van der Waals surface area contributed by atoms with Crippen LogP contribution in [0.4, 0.5) is 20.8 Å². The highest BCUT2D eigenvalue weighted by Gasteiger charge is 2.17. The number of amides is 2. The summed E-state index contributed by atoms with van der Waals surface area (Å²) in [5.41, 5.74) is -0.811. The van der Waals surface area contributed by atoms with E-state index in [0.717, 1.165) is 6.07 Å². The minimum Gasteiger partial charge on any atom is -0.478 e. The molecule has 0 atom stereocenters. The quantitative estimate of drug-likeness (QED) is 0.779. The van der Waals surface area contributed by atoms with Gasteiger partial charge in [0.25, 0.3) is 5.95 Å². The molecule has 0 unspecified atom stereocenters. The van der Waals surface area contributed by atoms with Crippen molar-refractivity contribution < 1.29 is 19.1 Å². The van der Waals surface area contributed by atoms with E-state index in [-0.39, 0.29) is 11.6 Å². The Kier molecular flexibility index (Phi) is 3.80. The van der Waals surface area contributed by atoms with Crippen molar-refractivity contribution in [3.63, 3.8) is 0 Å². The van der Waals surface area contributed by atoms with Crippen molar-refractivity contribution in [1.29, 1.82) is 0 Å². The summed E-state index contributed by atoms with van der Waals surface area (Å²) >= 11 is 0. The van der Waals surface area contributed by atoms with Crippen LogP contribution in [0.5, 0.6) is 0 Å².